The summed E-state index contributed by atoms with van der Waals surface area (Å²) in [6, 6.07) is 13.1. The topological polar surface area (TPSA) is 63.3 Å². The van der Waals surface area contributed by atoms with Gasteiger partial charge in [-0.2, -0.15) is 0 Å². The Labute approximate surface area is 116 Å². The molecule has 0 spiro atoms. The first kappa shape index (κ1) is 13.5. The highest BCUT2D eigenvalue weighted by Gasteiger charge is 2.11. The van der Waals surface area contributed by atoms with Gasteiger partial charge in [0.1, 0.15) is 0 Å². The van der Waals surface area contributed by atoms with E-state index in [4.69, 9.17) is 5.73 Å². The van der Waals surface area contributed by atoms with Crippen molar-refractivity contribution in [2.24, 2.45) is 0 Å². The average molecular weight is 273 g/mol. The van der Waals surface area contributed by atoms with Crippen LogP contribution in [0.15, 0.2) is 47.4 Å². The van der Waals surface area contributed by atoms with Crippen LogP contribution in [0.2, 0.25) is 0 Å². The minimum atomic E-state index is -0.945. The van der Waals surface area contributed by atoms with Crippen molar-refractivity contribution in [2.75, 3.05) is 5.73 Å². The largest absolute Gasteiger partial charge is 0.478 e. The van der Waals surface area contributed by atoms with Crippen molar-refractivity contribution >= 4 is 23.4 Å². The van der Waals surface area contributed by atoms with Crippen LogP contribution in [0.4, 0.5) is 5.69 Å². The molecule has 0 atom stereocenters. The third-order valence-corrected chi connectivity index (χ3v) is 4.00. The molecular weight excluding hydrogens is 258 g/mol. The minimum absolute atomic E-state index is 0.263. The Morgan fingerprint density at radius 2 is 2.00 bits per heavy atom. The molecule has 0 aliphatic heterocycles. The maximum absolute atomic E-state index is 11.2. The van der Waals surface area contributed by atoms with Crippen molar-refractivity contribution in [1.82, 2.24) is 0 Å². The lowest BCUT2D eigenvalue weighted by atomic mass is 10.1. The fraction of sp³-hybridized carbons (Fsp3) is 0.133. The first-order valence-corrected chi connectivity index (χ1v) is 6.86. The van der Waals surface area contributed by atoms with Crippen LogP contribution < -0.4 is 5.73 Å². The van der Waals surface area contributed by atoms with E-state index in [1.165, 1.54) is 29.0 Å². The summed E-state index contributed by atoms with van der Waals surface area (Å²) in [5.74, 6) is -0.198. The molecule has 0 bridgehead atoms. The van der Waals surface area contributed by atoms with Crippen LogP contribution >= 0.6 is 11.8 Å². The molecule has 0 amide bonds. The van der Waals surface area contributed by atoms with Gasteiger partial charge in [0.25, 0.3) is 0 Å². The number of anilines is 1. The predicted octanol–water partition coefficient (Wildman–Crippen LogP) is 3.57. The van der Waals surface area contributed by atoms with E-state index in [0.717, 1.165) is 10.6 Å². The Kier molecular flexibility index (Phi) is 4.12. The van der Waals surface area contributed by atoms with Gasteiger partial charge in [-0.15, -0.1) is 11.8 Å². The fourth-order valence-electron chi connectivity index (χ4n) is 1.77. The standard InChI is InChI=1S/C15H15NO2S/c1-10-4-2-3-5-11(10)9-19-14-7-6-12(16)8-13(14)15(17)18/h2-8H,9,16H2,1H3,(H,17,18). The van der Waals surface area contributed by atoms with Crippen LogP contribution in [-0.2, 0) is 5.75 Å². The molecule has 3 N–H and O–H groups in total. The summed E-state index contributed by atoms with van der Waals surface area (Å²) in [6.45, 7) is 2.05. The summed E-state index contributed by atoms with van der Waals surface area (Å²) in [4.78, 5) is 11.9. The maximum atomic E-state index is 11.2. The summed E-state index contributed by atoms with van der Waals surface area (Å²) in [5, 5.41) is 9.17. The number of nitrogens with two attached hydrogens (primary N) is 1. The molecule has 2 rings (SSSR count). The molecule has 0 fully saturated rings. The molecule has 0 radical (unpaired) electrons. The van der Waals surface area contributed by atoms with Gasteiger partial charge in [-0.25, -0.2) is 4.79 Å². The zero-order valence-corrected chi connectivity index (χ0v) is 11.4. The highest BCUT2D eigenvalue weighted by Crippen LogP contribution is 2.28. The summed E-state index contributed by atoms with van der Waals surface area (Å²) >= 11 is 1.51. The molecule has 0 heterocycles. The molecular formula is C15H15NO2S. The number of carboxylic acid groups (broad SMARTS) is 1. The minimum Gasteiger partial charge on any atom is -0.478 e. The summed E-state index contributed by atoms with van der Waals surface area (Å²) in [6.07, 6.45) is 0. The number of rotatable bonds is 4. The smallest absolute Gasteiger partial charge is 0.336 e. The second kappa shape index (κ2) is 5.80. The summed E-state index contributed by atoms with van der Waals surface area (Å²) < 4.78 is 0. The molecule has 19 heavy (non-hydrogen) atoms. The molecule has 0 aliphatic carbocycles. The normalized spacial score (nSPS) is 10.4. The SMILES string of the molecule is Cc1ccccc1CSc1ccc(N)cc1C(=O)O. The Morgan fingerprint density at radius 1 is 1.26 bits per heavy atom. The maximum Gasteiger partial charge on any atom is 0.336 e. The van der Waals surface area contributed by atoms with Gasteiger partial charge in [0.05, 0.1) is 5.56 Å². The van der Waals surface area contributed by atoms with Gasteiger partial charge in [-0.3, -0.25) is 0 Å². The third-order valence-electron chi connectivity index (χ3n) is 2.88. The van der Waals surface area contributed by atoms with E-state index in [9.17, 15) is 9.90 Å². The first-order chi connectivity index (χ1) is 9.08. The van der Waals surface area contributed by atoms with E-state index in [2.05, 4.69) is 19.1 Å². The number of thioether (sulfide) groups is 1. The van der Waals surface area contributed by atoms with Crippen molar-refractivity contribution in [3.8, 4) is 0 Å². The molecule has 2 aromatic carbocycles. The van der Waals surface area contributed by atoms with Crippen molar-refractivity contribution in [3.05, 3.63) is 59.2 Å². The average Bonchev–Trinajstić information content (AvgIpc) is 2.38. The quantitative estimate of drug-likeness (QED) is 0.660. The van der Waals surface area contributed by atoms with Crippen molar-refractivity contribution in [3.63, 3.8) is 0 Å². The van der Waals surface area contributed by atoms with E-state index in [-0.39, 0.29) is 5.56 Å². The predicted molar refractivity (Wildman–Crippen MR) is 78.6 cm³/mol. The lowest BCUT2D eigenvalue weighted by Gasteiger charge is -2.08. The fourth-order valence-corrected chi connectivity index (χ4v) is 2.87. The molecule has 4 heteroatoms. The van der Waals surface area contributed by atoms with Crippen LogP contribution in [0.5, 0.6) is 0 Å². The van der Waals surface area contributed by atoms with Gasteiger partial charge >= 0.3 is 5.97 Å². The Bertz CT molecular complexity index is 611. The molecule has 0 aromatic heterocycles. The number of nitrogen functional groups attached to an aromatic ring is 1. The first-order valence-electron chi connectivity index (χ1n) is 5.88. The lowest BCUT2D eigenvalue weighted by Crippen LogP contribution is -2.00. The van der Waals surface area contributed by atoms with Crippen molar-refractivity contribution < 1.29 is 9.90 Å². The van der Waals surface area contributed by atoms with Gasteiger partial charge in [0.15, 0.2) is 0 Å². The van der Waals surface area contributed by atoms with Crippen molar-refractivity contribution in [1.29, 1.82) is 0 Å². The van der Waals surface area contributed by atoms with E-state index in [1.54, 1.807) is 12.1 Å². The molecule has 0 saturated heterocycles. The van der Waals surface area contributed by atoms with E-state index in [1.807, 2.05) is 12.1 Å². The number of carbonyl (C=O) groups is 1. The number of hydrogen-bond acceptors (Lipinski definition) is 3. The third kappa shape index (κ3) is 3.29. The lowest BCUT2D eigenvalue weighted by molar-refractivity contribution is 0.0693. The molecule has 0 saturated carbocycles. The van der Waals surface area contributed by atoms with Gasteiger partial charge in [-0.1, -0.05) is 24.3 Å². The number of aryl methyl sites for hydroxylation is 1. The molecule has 0 unspecified atom stereocenters. The van der Waals surface area contributed by atoms with Crippen LogP contribution in [0.3, 0.4) is 0 Å². The van der Waals surface area contributed by atoms with E-state index in [0.29, 0.717) is 5.69 Å². The molecule has 98 valence electrons. The Hall–Kier alpha value is -1.94. The summed E-state index contributed by atoms with van der Waals surface area (Å²) in [7, 11) is 0. The number of aromatic carboxylic acids is 1. The van der Waals surface area contributed by atoms with Gasteiger partial charge in [0.2, 0.25) is 0 Å². The Morgan fingerprint density at radius 3 is 2.68 bits per heavy atom. The van der Waals surface area contributed by atoms with Gasteiger partial charge in [-0.05, 0) is 36.2 Å². The van der Waals surface area contributed by atoms with Gasteiger partial charge < -0.3 is 10.8 Å². The number of carboxylic acids is 1. The second-order valence-electron chi connectivity index (χ2n) is 4.28. The number of benzene rings is 2. The Balaban J connectivity index is 2.20. The zero-order valence-electron chi connectivity index (χ0n) is 10.6. The van der Waals surface area contributed by atoms with Crippen LogP contribution in [0.25, 0.3) is 0 Å². The van der Waals surface area contributed by atoms with Gasteiger partial charge in [0, 0.05) is 16.3 Å². The van der Waals surface area contributed by atoms with Crippen LogP contribution in [-0.4, -0.2) is 11.1 Å². The van der Waals surface area contributed by atoms with Crippen molar-refractivity contribution in [2.45, 2.75) is 17.6 Å². The van der Waals surface area contributed by atoms with E-state index >= 15 is 0 Å². The molecule has 2 aromatic rings. The highest BCUT2D eigenvalue weighted by atomic mass is 32.2. The molecule has 0 aliphatic rings. The monoisotopic (exact) mass is 273 g/mol. The summed E-state index contributed by atoms with van der Waals surface area (Å²) in [5.41, 5.74) is 8.78. The number of hydrogen-bond donors (Lipinski definition) is 2. The van der Waals surface area contributed by atoms with E-state index < -0.39 is 5.97 Å². The van der Waals surface area contributed by atoms with Crippen LogP contribution in [0, 0.1) is 6.92 Å². The highest BCUT2D eigenvalue weighted by molar-refractivity contribution is 7.98. The second-order valence-corrected chi connectivity index (χ2v) is 5.29. The van der Waals surface area contributed by atoms with Crippen LogP contribution in [0.1, 0.15) is 21.5 Å². The molecule has 3 nitrogen and oxygen atoms in total. The zero-order chi connectivity index (χ0) is 13.8.